The maximum absolute atomic E-state index is 6.30. The van der Waals surface area contributed by atoms with Crippen LogP contribution in [-0.2, 0) is 7.05 Å². The number of aryl methyl sites for hydroxylation is 1. The lowest BCUT2D eigenvalue weighted by Crippen LogP contribution is -2.20. The molecule has 1 heterocycles. The number of hydrogen-bond acceptors (Lipinski definition) is 2. The lowest BCUT2D eigenvalue weighted by atomic mass is 9.89. The summed E-state index contributed by atoms with van der Waals surface area (Å²) < 4.78 is 1.84. The first-order valence-corrected chi connectivity index (χ1v) is 6.01. The fourth-order valence-corrected chi connectivity index (χ4v) is 2.55. The zero-order valence-corrected chi connectivity index (χ0v) is 9.52. The van der Waals surface area contributed by atoms with Crippen LogP contribution in [0.15, 0.2) is 12.4 Å². The summed E-state index contributed by atoms with van der Waals surface area (Å²) in [6.45, 7) is 0. The van der Waals surface area contributed by atoms with Crippen LogP contribution >= 0.6 is 0 Å². The summed E-state index contributed by atoms with van der Waals surface area (Å²) in [6, 6.07) is 0.191. The molecule has 15 heavy (non-hydrogen) atoms. The molecule has 1 aliphatic rings. The molecule has 1 aliphatic carbocycles. The maximum atomic E-state index is 6.30. The van der Waals surface area contributed by atoms with Crippen molar-refractivity contribution in [2.45, 2.75) is 44.6 Å². The third-order valence-corrected chi connectivity index (χ3v) is 3.52. The first kappa shape index (κ1) is 10.7. The first-order chi connectivity index (χ1) is 7.27. The van der Waals surface area contributed by atoms with Gasteiger partial charge in [0.25, 0.3) is 0 Å². The molecule has 0 amide bonds. The fourth-order valence-electron chi connectivity index (χ4n) is 2.55. The van der Waals surface area contributed by atoms with Crippen LogP contribution in [0, 0.1) is 5.92 Å². The van der Waals surface area contributed by atoms with Crippen molar-refractivity contribution in [2.24, 2.45) is 18.7 Å². The number of nitrogens with zero attached hydrogens (tertiary/aromatic N) is 2. The zero-order chi connectivity index (χ0) is 10.7. The van der Waals surface area contributed by atoms with Gasteiger partial charge in [-0.25, -0.2) is 0 Å². The van der Waals surface area contributed by atoms with Gasteiger partial charge in [0, 0.05) is 24.8 Å². The highest BCUT2D eigenvalue weighted by Gasteiger charge is 2.21. The van der Waals surface area contributed by atoms with Crippen molar-refractivity contribution in [3.05, 3.63) is 18.0 Å². The van der Waals surface area contributed by atoms with Gasteiger partial charge >= 0.3 is 0 Å². The van der Waals surface area contributed by atoms with E-state index in [2.05, 4.69) is 11.3 Å². The quantitative estimate of drug-likeness (QED) is 0.757. The molecule has 0 bridgehead atoms. The van der Waals surface area contributed by atoms with Gasteiger partial charge in [0.2, 0.25) is 0 Å². The molecule has 3 nitrogen and oxygen atoms in total. The topological polar surface area (TPSA) is 43.8 Å². The van der Waals surface area contributed by atoms with Crippen LogP contribution in [0.1, 0.15) is 50.1 Å². The Bertz CT molecular complexity index is 298. The van der Waals surface area contributed by atoms with Crippen molar-refractivity contribution in [1.82, 2.24) is 9.78 Å². The molecule has 2 rings (SSSR count). The number of rotatable bonds is 2. The Morgan fingerprint density at radius 2 is 2.00 bits per heavy atom. The molecule has 0 saturated heterocycles. The lowest BCUT2D eigenvalue weighted by Gasteiger charge is -2.20. The normalized spacial score (nSPS) is 21.2. The van der Waals surface area contributed by atoms with E-state index in [4.69, 9.17) is 5.73 Å². The third-order valence-electron chi connectivity index (χ3n) is 3.52. The monoisotopic (exact) mass is 207 g/mol. The van der Waals surface area contributed by atoms with Gasteiger partial charge in [0.05, 0.1) is 6.20 Å². The molecule has 1 saturated carbocycles. The maximum Gasteiger partial charge on any atom is 0.0537 e. The van der Waals surface area contributed by atoms with E-state index in [1.54, 1.807) is 0 Å². The molecule has 0 radical (unpaired) electrons. The van der Waals surface area contributed by atoms with Crippen molar-refractivity contribution in [3.8, 4) is 0 Å². The summed E-state index contributed by atoms with van der Waals surface area (Å²) >= 11 is 0. The zero-order valence-electron chi connectivity index (χ0n) is 9.52. The molecule has 0 spiro atoms. The van der Waals surface area contributed by atoms with Gasteiger partial charge in [0.15, 0.2) is 0 Å². The Kier molecular flexibility index (Phi) is 3.41. The molecule has 1 atom stereocenters. The molecule has 1 fully saturated rings. The number of nitrogens with two attached hydrogens (primary N) is 1. The molecule has 0 aromatic carbocycles. The molecular weight excluding hydrogens is 186 g/mol. The van der Waals surface area contributed by atoms with E-state index in [9.17, 15) is 0 Å². The minimum Gasteiger partial charge on any atom is -0.324 e. The van der Waals surface area contributed by atoms with E-state index in [0.717, 1.165) is 0 Å². The Hall–Kier alpha value is -0.830. The van der Waals surface area contributed by atoms with E-state index in [-0.39, 0.29) is 6.04 Å². The van der Waals surface area contributed by atoms with Crippen molar-refractivity contribution in [3.63, 3.8) is 0 Å². The minimum atomic E-state index is 0.191. The highest BCUT2D eigenvalue weighted by molar-refractivity contribution is 5.10. The summed E-state index contributed by atoms with van der Waals surface area (Å²) in [6.07, 6.45) is 12.0. The predicted octanol–water partition coefficient (Wildman–Crippen LogP) is 2.39. The predicted molar refractivity (Wildman–Crippen MR) is 61.3 cm³/mol. The molecule has 0 aliphatic heterocycles. The summed E-state index contributed by atoms with van der Waals surface area (Å²) in [5.41, 5.74) is 7.50. The van der Waals surface area contributed by atoms with Crippen LogP contribution < -0.4 is 5.73 Å². The van der Waals surface area contributed by atoms with Gasteiger partial charge < -0.3 is 5.73 Å². The summed E-state index contributed by atoms with van der Waals surface area (Å²) in [4.78, 5) is 0. The lowest BCUT2D eigenvalue weighted by molar-refractivity contribution is 0.382. The second kappa shape index (κ2) is 4.79. The molecule has 1 aromatic rings. The SMILES string of the molecule is Cn1cc(C(N)C2CCCCCC2)cn1. The number of hydrogen-bond donors (Lipinski definition) is 1. The van der Waals surface area contributed by atoms with E-state index in [1.165, 1.54) is 44.1 Å². The highest BCUT2D eigenvalue weighted by atomic mass is 15.2. The fraction of sp³-hybridized carbons (Fsp3) is 0.750. The summed E-state index contributed by atoms with van der Waals surface area (Å²) in [5.74, 6) is 0.664. The average Bonchev–Trinajstić information content (AvgIpc) is 2.53. The summed E-state index contributed by atoms with van der Waals surface area (Å²) in [5, 5.41) is 4.19. The second-order valence-electron chi connectivity index (χ2n) is 4.72. The van der Waals surface area contributed by atoms with E-state index in [0.29, 0.717) is 5.92 Å². The van der Waals surface area contributed by atoms with Crippen LogP contribution in [0.4, 0.5) is 0 Å². The molecule has 1 unspecified atom stereocenters. The van der Waals surface area contributed by atoms with Crippen molar-refractivity contribution in [1.29, 1.82) is 0 Å². The van der Waals surface area contributed by atoms with Gasteiger partial charge in [-0.2, -0.15) is 5.10 Å². The van der Waals surface area contributed by atoms with Gasteiger partial charge in [0.1, 0.15) is 0 Å². The molecule has 84 valence electrons. The van der Waals surface area contributed by atoms with Gasteiger partial charge in [-0.15, -0.1) is 0 Å². The first-order valence-electron chi connectivity index (χ1n) is 6.01. The van der Waals surface area contributed by atoms with Crippen LogP contribution in [0.2, 0.25) is 0 Å². The molecule has 1 aromatic heterocycles. The largest absolute Gasteiger partial charge is 0.324 e. The Morgan fingerprint density at radius 1 is 1.33 bits per heavy atom. The minimum absolute atomic E-state index is 0.191. The standard InChI is InChI=1S/C12H21N3/c1-15-9-11(8-14-15)12(13)10-6-4-2-3-5-7-10/h8-10,12H,2-7,13H2,1H3. The van der Waals surface area contributed by atoms with Crippen molar-refractivity contribution >= 4 is 0 Å². The number of aromatic nitrogens is 2. The van der Waals surface area contributed by atoms with Gasteiger partial charge in [-0.3, -0.25) is 4.68 Å². The third kappa shape index (κ3) is 2.59. The molecular formula is C12H21N3. The van der Waals surface area contributed by atoms with E-state index in [1.807, 2.05) is 17.9 Å². The van der Waals surface area contributed by atoms with Gasteiger partial charge in [-0.1, -0.05) is 25.7 Å². The van der Waals surface area contributed by atoms with E-state index < -0.39 is 0 Å². The Labute approximate surface area is 91.7 Å². The van der Waals surface area contributed by atoms with Crippen molar-refractivity contribution in [2.75, 3.05) is 0 Å². The highest BCUT2D eigenvalue weighted by Crippen LogP contribution is 2.31. The van der Waals surface area contributed by atoms with Crippen LogP contribution in [0.3, 0.4) is 0 Å². The van der Waals surface area contributed by atoms with Crippen molar-refractivity contribution < 1.29 is 0 Å². The Morgan fingerprint density at radius 3 is 2.53 bits per heavy atom. The Balaban J connectivity index is 2.02. The molecule has 2 N–H and O–H groups in total. The van der Waals surface area contributed by atoms with E-state index >= 15 is 0 Å². The average molecular weight is 207 g/mol. The van der Waals surface area contributed by atoms with Gasteiger partial charge in [-0.05, 0) is 18.8 Å². The summed E-state index contributed by atoms with van der Waals surface area (Å²) in [7, 11) is 1.95. The van der Waals surface area contributed by atoms with Crippen LogP contribution in [-0.4, -0.2) is 9.78 Å². The van der Waals surface area contributed by atoms with Crippen LogP contribution in [0.25, 0.3) is 0 Å². The van der Waals surface area contributed by atoms with Crippen LogP contribution in [0.5, 0.6) is 0 Å². The second-order valence-corrected chi connectivity index (χ2v) is 4.72. The smallest absolute Gasteiger partial charge is 0.0537 e. The molecule has 3 heteroatoms.